The number of carboxylic acids is 2. The molecule has 22 heavy (non-hydrogen) atoms. The number of carbonyl (C=O) groups is 2. The Morgan fingerprint density at radius 3 is 2.00 bits per heavy atom. The molecule has 0 unspecified atom stereocenters. The van der Waals surface area contributed by atoms with Gasteiger partial charge in [-0.25, -0.2) is 4.79 Å². The average molecular weight is 314 g/mol. The second-order valence-corrected chi connectivity index (χ2v) is 4.38. The van der Waals surface area contributed by atoms with Crippen molar-refractivity contribution in [3.63, 3.8) is 0 Å². The molecule has 0 bridgehead atoms. The molecule has 4 nitrogen and oxygen atoms in total. The van der Waals surface area contributed by atoms with E-state index < -0.39 is 18.1 Å². The number of rotatable bonds is 3. The standard InChI is InChI=1S/C13H12O2.C2HF3O2/c14-13(15)8-6-10-5-7-11-3-1-2-4-12(11)9-10;3-2(4,5)1(6)7/h1-5,7,9H,6,8H2,(H,14,15);(H,6,7). The molecule has 7 heteroatoms. The van der Waals surface area contributed by atoms with Crippen molar-refractivity contribution in [2.75, 3.05) is 0 Å². The van der Waals surface area contributed by atoms with Crippen LogP contribution in [0, 0.1) is 0 Å². The van der Waals surface area contributed by atoms with Gasteiger partial charge in [0.05, 0.1) is 0 Å². The lowest BCUT2D eigenvalue weighted by atomic mass is 10.0. The predicted octanol–water partition coefficient (Wildman–Crippen LogP) is 3.49. The minimum atomic E-state index is -5.08. The molecule has 0 aliphatic heterocycles. The molecule has 0 aliphatic rings. The predicted molar refractivity (Wildman–Crippen MR) is 73.6 cm³/mol. The summed E-state index contributed by atoms with van der Waals surface area (Å²) < 4.78 is 31.7. The number of carboxylic acid groups (broad SMARTS) is 2. The minimum Gasteiger partial charge on any atom is -0.481 e. The first-order valence-corrected chi connectivity index (χ1v) is 6.19. The number of aryl methyl sites for hydroxylation is 1. The first-order valence-electron chi connectivity index (χ1n) is 6.19. The van der Waals surface area contributed by atoms with Crippen molar-refractivity contribution < 1.29 is 33.0 Å². The normalized spacial score (nSPS) is 10.7. The molecule has 2 N–H and O–H groups in total. The van der Waals surface area contributed by atoms with Gasteiger partial charge in [-0.05, 0) is 22.8 Å². The van der Waals surface area contributed by atoms with Crippen LogP contribution in [-0.2, 0) is 16.0 Å². The summed E-state index contributed by atoms with van der Waals surface area (Å²) in [6.07, 6.45) is -4.29. The fourth-order valence-electron chi connectivity index (χ4n) is 1.65. The third-order valence-electron chi connectivity index (χ3n) is 2.68. The Kier molecular flexibility index (Phi) is 5.91. The molecule has 0 saturated heterocycles. The highest BCUT2D eigenvalue weighted by molar-refractivity contribution is 5.83. The number of halogens is 3. The van der Waals surface area contributed by atoms with Crippen molar-refractivity contribution in [3.05, 3.63) is 48.0 Å². The molecule has 118 valence electrons. The smallest absolute Gasteiger partial charge is 0.481 e. The van der Waals surface area contributed by atoms with Crippen LogP contribution in [0.15, 0.2) is 42.5 Å². The number of hydrogen-bond donors (Lipinski definition) is 2. The molecule has 0 amide bonds. The van der Waals surface area contributed by atoms with Crippen LogP contribution in [0.1, 0.15) is 12.0 Å². The summed E-state index contributed by atoms with van der Waals surface area (Å²) in [4.78, 5) is 19.3. The van der Waals surface area contributed by atoms with Gasteiger partial charge in [0.2, 0.25) is 0 Å². The van der Waals surface area contributed by atoms with Crippen molar-refractivity contribution in [2.45, 2.75) is 19.0 Å². The van der Waals surface area contributed by atoms with Crippen LogP contribution in [0.4, 0.5) is 13.2 Å². The Morgan fingerprint density at radius 2 is 1.50 bits per heavy atom. The zero-order valence-electron chi connectivity index (χ0n) is 11.3. The van der Waals surface area contributed by atoms with E-state index in [1.54, 1.807) is 0 Å². The highest BCUT2D eigenvalue weighted by Gasteiger charge is 2.38. The summed E-state index contributed by atoms with van der Waals surface area (Å²) in [6.45, 7) is 0. The lowest BCUT2D eigenvalue weighted by molar-refractivity contribution is -0.192. The zero-order valence-corrected chi connectivity index (χ0v) is 11.3. The molecule has 0 fully saturated rings. The van der Waals surface area contributed by atoms with Crippen molar-refractivity contribution in [3.8, 4) is 0 Å². The number of fused-ring (bicyclic) bond motifs is 1. The molecule has 2 rings (SSSR count). The van der Waals surface area contributed by atoms with E-state index in [4.69, 9.17) is 15.0 Å². The fourth-order valence-corrected chi connectivity index (χ4v) is 1.65. The summed E-state index contributed by atoms with van der Waals surface area (Å²) in [7, 11) is 0. The van der Waals surface area contributed by atoms with Crippen LogP contribution < -0.4 is 0 Å². The molecular formula is C15H13F3O4. The Bertz CT molecular complexity index is 665. The Labute approximate surface area is 123 Å². The van der Waals surface area contributed by atoms with Crippen LogP contribution in [0.2, 0.25) is 0 Å². The fraction of sp³-hybridized carbons (Fsp3) is 0.200. The van der Waals surface area contributed by atoms with Crippen molar-refractivity contribution in [2.24, 2.45) is 0 Å². The monoisotopic (exact) mass is 314 g/mol. The Balaban J connectivity index is 0.000000295. The zero-order chi connectivity index (χ0) is 16.8. The average Bonchev–Trinajstić information content (AvgIpc) is 2.44. The SMILES string of the molecule is O=C(O)C(F)(F)F.O=C(O)CCc1ccc2ccccc2c1. The van der Waals surface area contributed by atoms with E-state index in [1.165, 1.54) is 10.8 Å². The second-order valence-electron chi connectivity index (χ2n) is 4.38. The van der Waals surface area contributed by atoms with Gasteiger partial charge in [-0.15, -0.1) is 0 Å². The Morgan fingerprint density at radius 1 is 0.955 bits per heavy atom. The van der Waals surface area contributed by atoms with Gasteiger partial charge in [-0.1, -0.05) is 42.5 Å². The maximum atomic E-state index is 10.6. The molecular weight excluding hydrogens is 301 g/mol. The van der Waals surface area contributed by atoms with Crippen molar-refractivity contribution >= 4 is 22.7 Å². The van der Waals surface area contributed by atoms with Crippen LogP contribution in [-0.4, -0.2) is 28.3 Å². The molecule has 0 atom stereocenters. The van der Waals surface area contributed by atoms with Crippen LogP contribution in [0.25, 0.3) is 10.8 Å². The molecule has 0 aromatic heterocycles. The van der Waals surface area contributed by atoms with E-state index in [0.717, 1.165) is 5.56 Å². The van der Waals surface area contributed by atoms with Gasteiger partial charge in [0, 0.05) is 6.42 Å². The quantitative estimate of drug-likeness (QED) is 0.909. The van der Waals surface area contributed by atoms with E-state index in [1.807, 2.05) is 30.3 Å². The maximum absolute atomic E-state index is 10.6. The Hall–Kier alpha value is -2.57. The minimum absolute atomic E-state index is 0.193. The van der Waals surface area contributed by atoms with Crippen molar-refractivity contribution in [1.82, 2.24) is 0 Å². The van der Waals surface area contributed by atoms with E-state index in [0.29, 0.717) is 6.42 Å². The van der Waals surface area contributed by atoms with Crippen LogP contribution in [0.5, 0.6) is 0 Å². The van der Waals surface area contributed by atoms with Gasteiger partial charge in [-0.2, -0.15) is 13.2 Å². The number of aliphatic carboxylic acids is 2. The summed E-state index contributed by atoms with van der Waals surface area (Å²) >= 11 is 0. The van der Waals surface area contributed by atoms with Crippen molar-refractivity contribution in [1.29, 1.82) is 0 Å². The van der Waals surface area contributed by atoms with Crippen LogP contribution in [0.3, 0.4) is 0 Å². The molecule has 2 aromatic carbocycles. The molecule has 2 aromatic rings. The largest absolute Gasteiger partial charge is 0.490 e. The van der Waals surface area contributed by atoms with E-state index in [9.17, 15) is 18.0 Å². The van der Waals surface area contributed by atoms with E-state index in [2.05, 4.69) is 12.1 Å². The van der Waals surface area contributed by atoms with E-state index in [-0.39, 0.29) is 6.42 Å². The number of alkyl halides is 3. The topological polar surface area (TPSA) is 74.6 Å². The summed E-state index contributed by atoms with van der Waals surface area (Å²) in [5.41, 5.74) is 1.08. The lowest BCUT2D eigenvalue weighted by Gasteiger charge is -2.01. The highest BCUT2D eigenvalue weighted by Crippen LogP contribution is 2.16. The summed E-state index contributed by atoms with van der Waals surface area (Å²) in [5, 5.41) is 18.1. The van der Waals surface area contributed by atoms with Gasteiger partial charge >= 0.3 is 18.1 Å². The first kappa shape index (κ1) is 17.5. The third-order valence-corrected chi connectivity index (χ3v) is 2.68. The van der Waals surface area contributed by atoms with E-state index >= 15 is 0 Å². The number of benzene rings is 2. The number of hydrogen-bond acceptors (Lipinski definition) is 2. The molecule has 0 heterocycles. The van der Waals surface area contributed by atoms with Crippen LogP contribution >= 0.6 is 0 Å². The lowest BCUT2D eigenvalue weighted by Crippen LogP contribution is -2.21. The van der Waals surface area contributed by atoms with Gasteiger partial charge in [0.1, 0.15) is 0 Å². The van der Waals surface area contributed by atoms with Gasteiger partial charge in [0.15, 0.2) is 0 Å². The summed E-state index contributed by atoms with van der Waals surface area (Å²) in [6, 6.07) is 14.2. The first-order chi connectivity index (χ1) is 10.2. The maximum Gasteiger partial charge on any atom is 0.490 e. The highest BCUT2D eigenvalue weighted by atomic mass is 19.4. The van der Waals surface area contributed by atoms with Gasteiger partial charge < -0.3 is 10.2 Å². The van der Waals surface area contributed by atoms with Gasteiger partial charge in [0.25, 0.3) is 0 Å². The third kappa shape index (κ3) is 5.82. The molecule has 0 radical (unpaired) electrons. The van der Waals surface area contributed by atoms with Gasteiger partial charge in [-0.3, -0.25) is 4.79 Å². The molecule has 0 aliphatic carbocycles. The second kappa shape index (κ2) is 7.44. The molecule has 0 spiro atoms. The summed E-state index contributed by atoms with van der Waals surface area (Å²) in [5.74, 6) is -3.50. The molecule has 0 saturated carbocycles.